The van der Waals surface area contributed by atoms with E-state index in [0.29, 0.717) is 5.92 Å². The van der Waals surface area contributed by atoms with Gasteiger partial charge in [0.15, 0.2) is 0 Å². The molecule has 1 aliphatic heterocycles. The molecule has 1 unspecified atom stereocenters. The molecule has 1 heterocycles. The topological polar surface area (TPSA) is 39.5 Å². The van der Waals surface area contributed by atoms with Crippen LogP contribution in [0.1, 0.15) is 43.4 Å². The molecule has 0 N–H and O–H groups in total. The van der Waals surface area contributed by atoms with E-state index < -0.39 is 5.41 Å². The minimum atomic E-state index is -0.394. The highest BCUT2D eigenvalue weighted by Gasteiger charge is 2.35. The molecule has 1 fully saturated rings. The fourth-order valence-electron chi connectivity index (χ4n) is 4.67. The van der Waals surface area contributed by atoms with Gasteiger partial charge in [0.05, 0.1) is 11.5 Å². The average molecular weight is 434 g/mol. The van der Waals surface area contributed by atoms with Crippen LogP contribution in [0.3, 0.4) is 0 Å². The van der Waals surface area contributed by atoms with Crippen LogP contribution in [-0.4, -0.2) is 55.7 Å². The van der Waals surface area contributed by atoms with Crippen LogP contribution in [0.2, 0.25) is 0 Å². The van der Waals surface area contributed by atoms with Gasteiger partial charge < -0.3 is 9.64 Å². The van der Waals surface area contributed by atoms with E-state index in [1.165, 1.54) is 11.1 Å². The molecule has 0 aromatic heterocycles. The fraction of sp³-hybridized carbons (Fsp3) is 0.536. The lowest BCUT2D eigenvalue weighted by atomic mass is 9.70. The van der Waals surface area contributed by atoms with Gasteiger partial charge in [-0.2, -0.15) is 5.26 Å². The molecule has 2 aromatic rings. The van der Waals surface area contributed by atoms with E-state index in [4.69, 9.17) is 4.74 Å². The van der Waals surface area contributed by atoms with Gasteiger partial charge in [-0.3, -0.25) is 4.90 Å². The van der Waals surface area contributed by atoms with Gasteiger partial charge in [-0.25, -0.2) is 0 Å². The normalized spacial score (nSPS) is 17.1. The molecule has 0 radical (unpaired) electrons. The summed E-state index contributed by atoms with van der Waals surface area (Å²) < 4.78 is 5.96. The monoisotopic (exact) mass is 433 g/mol. The second-order valence-corrected chi connectivity index (χ2v) is 9.49. The van der Waals surface area contributed by atoms with Crippen LogP contribution in [0.4, 0.5) is 0 Å². The Kier molecular flexibility index (Phi) is 8.73. The summed E-state index contributed by atoms with van der Waals surface area (Å²) >= 11 is 0. The third kappa shape index (κ3) is 6.12. The highest BCUT2D eigenvalue weighted by molar-refractivity contribution is 5.34. The standard InChI is InChI=1S/C28H39N3O/c1-23(2)28(22-29,26-9-6-5-7-10-26)13-8-14-30-15-17-31(18-16-30)19-20-32-27-12-11-24(3)25(4)21-27/h5-7,9-12,21,23H,8,13-20H2,1-4H3. The van der Waals surface area contributed by atoms with Crippen molar-refractivity contribution in [2.75, 3.05) is 45.9 Å². The predicted molar refractivity (Wildman–Crippen MR) is 132 cm³/mol. The van der Waals surface area contributed by atoms with Crippen molar-refractivity contribution in [2.45, 2.75) is 46.0 Å². The summed E-state index contributed by atoms with van der Waals surface area (Å²) in [6.07, 6.45) is 1.96. The van der Waals surface area contributed by atoms with Gasteiger partial charge in [-0.1, -0.05) is 50.2 Å². The first kappa shape index (κ1) is 24.3. The molecule has 4 nitrogen and oxygen atoms in total. The number of rotatable bonds is 10. The molecule has 2 aromatic carbocycles. The van der Waals surface area contributed by atoms with Crippen LogP contribution < -0.4 is 4.74 Å². The first-order chi connectivity index (χ1) is 15.4. The van der Waals surface area contributed by atoms with E-state index in [9.17, 15) is 5.26 Å². The van der Waals surface area contributed by atoms with Crippen molar-refractivity contribution in [3.05, 3.63) is 65.2 Å². The van der Waals surface area contributed by atoms with Crippen LogP contribution in [-0.2, 0) is 5.41 Å². The summed E-state index contributed by atoms with van der Waals surface area (Å²) in [5.41, 5.74) is 3.35. The Bertz CT molecular complexity index is 881. The Hall–Kier alpha value is -2.35. The molecule has 4 heteroatoms. The van der Waals surface area contributed by atoms with Gasteiger partial charge in [0.25, 0.3) is 0 Å². The van der Waals surface area contributed by atoms with Crippen molar-refractivity contribution >= 4 is 0 Å². The van der Waals surface area contributed by atoms with E-state index in [0.717, 1.165) is 70.0 Å². The molecule has 1 aliphatic rings. The van der Waals surface area contributed by atoms with Crippen LogP contribution in [0.5, 0.6) is 5.75 Å². The van der Waals surface area contributed by atoms with Gasteiger partial charge >= 0.3 is 0 Å². The summed E-state index contributed by atoms with van der Waals surface area (Å²) in [5, 5.41) is 10.1. The molecule has 0 amide bonds. The second kappa shape index (κ2) is 11.5. The van der Waals surface area contributed by atoms with Crippen molar-refractivity contribution in [1.29, 1.82) is 5.26 Å². The van der Waals surface area contributed by atoms with Gasteiger partial charge in [0, 0.05) is 32.7 Å². The Labute approximate surface area is 194 Å². The van der Waals surface area contributed by atoms with Crippen LogP contribution in [0.15, 0.2) is 48.5 Å². The van der Waals surface area contributed by atoms with Crippen LogP contribution in [0, 0.1) is 31.1 Å². The summed E-state index contributed by atoms with van der Waals surface area (Å²) in [5.74, 6) is 1.26. The van der Waals surface area contributed by atoms with E-state index in [1.54, 1.807) is 0 Å². The van der Waals surface area contributed by atoms with E-state index in [-0.39, 0.29) is 0 Å². The molecule has 172 valence electrons. The van der Waals surface area contributed by atoms with Crippen molar-refractivity contribution in [3.63, 3.8) is 0 Å². The Balaban J connectivity index is 1.40. The molecule has 0 bridgehead atoms. The van der Waals surface area contributed by atoms with Gasteiger partial charge in [-0.15, -0.1) is 0 Å². The van der Waals surface area contributed by atoms with Gasteiger partial charge in [0.2, 0.25) is 0 Å². The predicted octanol–water partition coefficient (Wildman–Crippen LogP) is 5.20. The number of ether oxygens (including phenoxy) is 1. The molecule has 32 heavy (non-hydrogen) atoms. The number of piperazine rings is 1. The van der Waals surface area contributed by atoms with E-state index in [2.05, 4.69) is 73.9 Å². The molecular formula is C28H39N3O. The summed E-state index contributed by atoms with van der Waals surface area (Å²) in [4.78, 5) is 5.04. The molecule has 0 spiro atoms. The first-order valence-electron chi connectivity index (χ1n) is 12.1. The van der Waals surface area contributed by atoms with Crippen molar-refractivity contribution in [1.82, 2.24) is 9.80 Å². The third-order valence-corrected chi connectivity index (χ3v) is 7.14. The average Bonchev–Trinajstić information content (AvgIpc) is 2.80. The maximum absolute atomic E-state index is 10.1. The quantitative estimate of drug-likeness (QED) is 0.516. The number of benzene rings is 2. The van der Waals surface area contributed by atoms with Gasteiger partial charge in [-0.05, 0) is 68.0 Å². The lowest BCUT2D eigenvalue weighted by Gasteiger charge is -2.36. The third-order valence-electron chi connectivity index (χ3n) is 7.14. The number of nitriles is 1. The van der Waals surface area contributed by atoms with E-state index >= 15 is 0 Å². The maximum atomic E-state index is 10.1. The lowest BCUT2D eigenvalue weighted by Crippen LogP contribution is -2.47. The van der Waals surface area contributed by atoms with Crippen molar-refractivity contribution in [3.8, 4) is 11.8 Å². The maximum Gasteiger partial charge on any atom is 0.119 e. The highest BCUT2D eigenvalue weighted by Crippen LogP contribution is 2.36. The minimum Gasteiger partial charge on any atom is -0.492 e. The molecule has 0 saturated carbocycles. The number of aryl methyl sites for hydroxylation is 2. The zero-order valence-electron chi connectivity index (χ0n) is 20.3. The number of nitrogens with zero attached hydrogens (tertiary/aromatic N) is 3. The van der Waals surface area contributed by atoms with Crippen LogP contribution in [0.25, 0.3) is 0 Å². The second-order valence-electron chi connectivity index (χ2n) is 9.49. The van der Waals surface area contributed by atoms with E-state index in [1.807, 2.05) is 18.2 Å². The zero-order valence-corrected chi connectivity index (χ0v) is 20.3. The van der Waals surface area contributed by atoms with Crippen LogP contribution >= 0.6 is 0 Å². The Morgan fingerprint density at radius 3 is 2.19 bits per heavy atom. The highest BCUT2D eigenvalue weighted by atomic mass is 16.5. The number of hydrogen-bond acceptors (Lipinski definition) is 4. The van der Waals surface area contributed by atoms with Crippen molar-refractivity contribution < 1.29 is 4.74 Å². The molecular weight excluding hydrogens is 394 g/mol. The fourth-order valence-corrected chi connectivity index (χ4v) is 4.67. The first-order valence-corrected chi connectivity index (χ1v) is 12.1. The summed E-state index contributed by atoms with van der Waals surface area (Å²) in [7, 11) is 0. The largest absolute Gasteiger partial charge is 0.492 e. The van der Waals surface area contributed by atoms with Gasteiger partial charge in [0.1, 0.15) is 12.4 Å². The smallest absolute Gasteiger partial charge is 0.119 e. The SMILES string of the molecule is Cc1ccc(OCCN2CCN(CCCC(C#N)(c3ccccc3)C(C)C)CC2)cc1C. The molecule has 1 saturated heterocycles. The molecule has 3 rings (SSSR count). The zero-order chi connectivity index (χ0) is 23.0. The lowest BCUT2D eigenvalue weighted by molar-refractivity contribution is 0.114. The number of hydrogen-bond donors (Lipinski definition) is 0. The Morgan fingerprint density at radius 2 is 1.59 bits per heavy atom. The Morgan fingerprint density at radius 1 is 0.938 bits per heavy atom. The summed E-state index contributed by atoms with van der Waals surface area (Å²) in [6.45, 7) is 15.7. The molecule has 1 atom stereocenters. The molecule has 0 aliphatic carbocycles. The summed E-state index contributed by atoms with van der Waals surface area (Å²) in [6, 6.07) is 19.3. The van der Waals surface area contributed by atoms with Crippen molar-refractivity contribution in [2.24, 2.45) is 5.92 Å². The minimum absolute atomic E-state index is 0.295.